The van der Waals surface area contributed by atoms with E-state index in [-0.39, 0.29) is 23.9 Å². The first-order chi connectivity index (χ1) is 13.0. The van der Waals surface area contributed by atoms with Crippen LogP contribution in [0.15, 0.2) is 54.6 Å². The van der Waals surface area contributed by atoms with Gasteiger partial charge in [-0.15, -0.1) is 0 Å². The van der Waals surface area contributed by atoms with E-state index in [0.29, 0.717) is 5.56 Å². The van der Waals surface area contributed by atoms with E-state index in [1.54, 1.807) is 18.2 Å². The Morgan fingerprint density at radius 2 is 2.11 bits per heavy atom. The number of carbonyl (C=O) groups excluding carboxylic acids is 1. The lowest BCUT2D eigenvalue weighted by Gasteiger charge is -2.33. The van der Waals surface area contributed by atoms with Crippen molar-refractivity contribution in [2.24, 2.45) is 0 Å². The molecule has 2 aromatic carbocycles. The minimum absolute atomic E-state index is 0.131. The fourth-order valence-electron chi connectivity index (χ4n) is 3.17. The zero-order valence-corrected chi connectivity index (χ0v) is 15.7. The maximum atomic E-state index is 13.2. The number of hydrogen-bond acceptors (Lipinski definition) is 3. The Hall–Kier alpha value is -2.66. The summed E-state index contributed by atoms with van der Waals surface area (Å²) in [7, 11) is 0. The highest BCUT2D eigenvalue weighted by Gasteiger charge is 2.18. The van der Waals surface area contributed by atoms with Gasteiger partial charge in [-0.25, -0.2) is 4.39 Å². The number of halogens is 1. The zero-order valence-electron chi connectivity index (χ0n) is 15.7. The fraction of sp³-hybridized carbons (Fsp3) is 0.318. The van der Waals surface area contributed by atoms with Crippen LogP contribution < -0.4 is 10.2 Å². The van der Waals surface area contributed by atoms with Crippen molar-refractivity contribution >= 4 is 17.7 Å². The molecular formula is C22H25FN2O2. The van der Waals surface area contributed by atoms with Crippen LogP contribution in [0.5, 0.6) is 0 Å². The molecule has 2 atom stereocenters. The van der Waals surface area contributed by atoms with E-state index in [9.17, 15) is 9.18 Å². The molecule has 1 aliphatic heterocycles. The number of amides is 1. The summed E-state index contributed by atoms with van der Waals surface area (Å²) in [6.45, 7) is 6.48. The van der Waals surface area contributed by atoms with Crippen LogP contribution in [0, 0.1) is 5.82 Å². The minimum atomic E-state index is -0.319. The summed E-state index contributed by atoms with van der Waals surface area (Å²) in [6, 6.07) is 14.2. The average Bonchev–Trinajstić information content (AvgIpc) is 2.66. The average molecular weight is 368 g/mol. The topological polar surface area (TPSA) is 41.6 Å². The molecule has 4 nitrogen and oxygen atoms in total. The van der Waals surface area contributed by atoms with Crippen molar-refractivity contribution < 1.29 is 13.9 Å². The van der Waals surface area contributed by atoms with E-state index in [0.717, 1.165) is 30.9 Å². The molecule has 142 valence electrons. The molecular weight excluding hydrogens is 343 g/mol. The monoisotopic (exact) mass is 368 g/mol. The number of morpholine rings is 1. The molecule has 0 radical (unpaired) electrons. The number of nitrogens with zero attached hydrogens (tertiary/aromatic N) is 1. The van der Waals surface area contributed by atoms with Crippen molar-refractivity contribution in [3.05, 3.63) is 71.6 Å². The van der Waals surface area contributed by atoms with Gasteiger partial charge in [0.05, 0.1) is 18.8 Å². The van der Waals surface area contributed by atoms with E-state index in [4.69, 9.17) is 4.74 Å². The third kappa shape index (κ3) is 5.41. The van der Waals surface area contributed by atoms with Crippen molar-refractivity contribution in [1.82, 2.24) is 5.32 Å². The van der Waals surface area contributed by atoms with Gasteiger partial charge in [0.1, 0.15) is 5.82 Å². The molecule has 27 heavy (non-hydrogen) atoms. The van der Waals surface area contributed by atoms with Crippen LogP contribution in [0.3, 0.4) is 0 Å². The number of anilines is 1. The van der Waals surface area contributed by atoms with Crippen molar-refractivity contribution in [1.29, 1.82) is 0 Å². The van der Waals surface area contributed by atoms with Gasteiger partial charge in [-0.1, -0.05) is 24.3 Å². The molecule has 2 aromatic rings. The van der Waals surface area contributed by atoms with E-state index in [1.165, 1.54) is 18.2 Å². The molecule has 1 heterocycles. The van der Waals surface area contributed by atoms with Crippen LogP contribution in [0.4, 0.5) is 10.1 Å². The molecule has 0 saturated carbocycles. The highest BCUT2D eigenvalue weighted by molar-refractivity contribution is 5.92. The second-order valence-electron chi connectivity index (χ2n) is 6.84. The third-order valence-electron chi connectivity index (χ3n) is 4.61. The Bertz CT molecular complexity index is 821. The molecule has 1 N–H and O–H groups in total. The molecule has 1 unspecified atom stereocenters. The van der Waals surface area contributed by atoms with Gasteiger partial charge in [0, 0.05) is 24.9 Å². The first kappa shape index (κ1) is 19.1. The Kier molecular flexibility index (Phi) is 6.24. The SMILES string of the molecule is CC1CN(c2cccc([C@@H](C)NC(=O)/C=C/c3cccc(F)c3)c2)CCO1. The van der Waals surface area contributed by atoms with Gasteiger partial charge in [-0.05, 0) is 55.3 Å². The van der Waals surface area contributed by atoms with E-state index in [2.05, 4.69) is 29.3 Å². The first-order valence-corrected chi connectivity index (χ1v) is 9.22. The standard InChI is InChI=1S/C22H25FN2O2/c1-16-15-25(11-12-27-16)21-8-4-6-19(14-21)17(2)24-22(26)10-9-18-5-3-7-20(23)13-18/h3-10,13-14,16-17H,11-12,15H2,1-2H3,(H,24,26)/b10-9+/t16?,17-/m1/s1. The Morgan fingerprint density at radius 3 is 2.89 bits per heavy atom. The fourth-order valence-corrected chi connectivity index (χ4v) is 3.17. The quantitative estimate of drug-likeness (QED) is 0.813. The van der Waals surface area contributed by atoms with Crippen LogP contribution >= 0.6 is 0 Å². The number of benzene rings is 2. The molecule has 3 rings (SSSR count). The molecule has 0 bridgehead atoms. The van der Waals surface area contributed by atoms with E-state index < -0.39 is 0 Å². The van der Waals surface area contributed by atoms with Gasteiger partial charge in [0.15, 0.2) is 0 Å². The van der Waals surface area contributed by atoms with Gasteiger partial charge in [0.2, 0.25) is 5.91 Å². The highest BCUT2D eigenvalue weighted by Crippen LogP contribution is 2.22. The molecule has 0 spiro atoms. The van der Waals surface area contributed by atoms with Crippen LogP contribution in [0.25, 0.3) is 6.08 Å². The van der Waals surface area contributed by atoms with Gasteiger partial charge >= 0.3 is 0 Å². The van der Waals surface area contributed by atoms with Gasteiger partial charge < -0.3 is 15.0 Å². The summed E-state index contributed by atoms with van der Waals surface area (Å²) < 4.78 is 18.8. The van der Waals surface area contributed by atoms with Gasteiger partial charge in [-0.2, -0.15) is 0 Å². The maximum absolute atomic E-state index is 13.2. The van der Waals surface area contributed by atoms with Crippen molar-refractivity contribution in [3.63, 3.8) is 0 Å². The molecule has 1 aliphatic rings. The summed E-state index contributed by atoms with van der Waals surface area (Å²) in [4.78, 5) is 14.5. The Morgan fingerprint density at radius 1 is 1.30 bits per heavy atom. The predicted molar refractivity (Wildman–Crippen MR) is 106 cm³/mol. The number of nitrogens with one attached hydrogen (secondary N) is 1. The third-order valence-corrected chi connectivity index (χ3v) is 4.61. The molecule has 1 saturated heterocycles. The van der Waals surface area contributed by atoms with Crippen LogP contribution in [0.1, 0.15) is 31.0 Å². The van der Waals surface area contributed by atoms with E-state index >= 15 is 0 Å². The molecule has 0 aliphatic carbocycles. The van der Waals surface area contributed by atoms with Crippen molar-refractivity contribution in [3.8, 4) is 0 Å². The zero-order chi connectivity index (χ0) is 19.2. The summed E-state index contributed by atoms with van der Waals surface area (Å²) in [5.74, 6) is -0.530. The Labute approximate surface area is 159 Å². The van der Waals surface area contributed by atoms with Crippen molar-refractivity contribution in [2.45, 2.75) is 26.0 Å². The lowest BCUT2D eigenvalue weighted by atomic mass is 10.1. The number of ether oxygens (including phenoxy) is 1. The predicted octanol–water partition coefficient (Wildman–Crippen LogP) is 3.94. The summed E-state index contributed by atoms with van der Waals surface area (Å²) in [5, 5.41) is 2.96. The van der Waals surface area contributed by atoms with Crippen molar-refractivity contribution in [2.75, 3.05) is 24.6 Å². The summed E-state index contributed by atoms with van der Waals surface area (Å²) in [5.41, 5.74) is 2.83. The first-order valence-electron chi connectivity index (χ1n) is 9.22. The van der Waals surface area contributed by atoms with Crippen LogP contribution in [0.2, 0.25) is 0 Å². The normalized spacial score (nSPS) is 18.5. The van der Waals surface area contributed by atoms with Gasteiger partial charge in [-0.3, -0.25) is 4.79 Å². The molecule has 1 amide bonds. The van der Waals surface area contributed by atoms with Gasteiger partial charge in [0.25, 0.3) is 0 Å². The smallest absolute Gasteiger partial charge is 0.244 e. The van der Waals surface area contributed by atoms with E-state index in [1.807, 2.05) is 19.1 Å². The Balaban J connectivity index is 1.62. The number of carbonyl (C=O) groups is 1. The summed E-state index contributed by atoms with van der Waals surface area (Å²) >= 11 is 0. The number of hydrogen-bond donors (Lipinski definition) is 1. The second-order valence-corrected chi connectivity index (χ2v) is 6.84. The second kappa shape index (κ2) is 8.82. The lowest BCUT2D eigenvalue weighted by Crippen LogP contribution is -2.41. The summed E-state index contributed by atoms with van der Waals surface area (Å²) in [6.07, 6.45) is 3.25. The minimum Gasteiger partial charge on any atom is -0.375 e. The molecule has 1 fully saturated rings. The molecule has 5 heteroatoms. The van der Waals surface area contributed by atoms with Crippen LogP contribution in [-0.2, 0) is 9.53 Å². The largest absolute Gasteiger partial charge is 0.375 e. The highest BCUT2D eigenvalue weighted by atomic mass is 19.1. The number of rotatable bonds is 5. The lowest BCUT2D eigenvalue weighted by molar-refractivity contribution is -0.117. The van der Waals surface area contributed by atoms with Crippen LogP contribution in [-0.4, -0.2) is 31.7 Å². The maximum Gasteiger partial charge on any atom is 0.244 e. The molecule has 0 aromatic heterocycles.